The van der Waals surface area contributed by atoms with Crippen LogP contribution in [0.2, 0.25) is 0 Å². The van der Waals surface area contributed by atoms with Crippen LogP contribution in [0.15, 0.2) is 42.6 Å². The molecule has 0 saturated heterocycles. The van der Waals surface area contributed by atoms with Crippen LogP contribution in [0.4, 0.5) is 0 Å². The van der Waals surface area contributed by atoms with E-state index < -0.39 is 0 Å². The van der Waals surface area contributed by atoms with Crippen molar-refractivity contribution in [1.82, 2.24) is 5.32 Å². The van der Waals surface area contributed by atoms with Crippen molar-refractivity contribution in [3.8, 4) is 0 Å². The third kappa shape index (κ3) is 1.23. The molecule has 0 saturated carbocycles. The van der Waals surface area contributed by atoms with Crippen molar-refractivity contribution in [3.05, 3.63) is 53.7 Å². The summed E-state index contributed by atoms with van der Waals surface area (Å²) < 4.78 is 0. The monoisotopic (exact) mass is 195 g/mol. The average Bonchev–Trinajstić information content (AvgIpc) is 2.29. The quantitative estimate of drug-likeness (QED) is 0.680. The number of nitrogens with one attached hydrogen (secondary N) is 1. The summed E-state index contributed by atoms with van der Waals surface area (Å²) >= 11 is 0. The summed E-state index contributed by atoms with van der Waals surface area (Å²) in [5.41, 5.74) is 4.13. The Bertz CT molecular complexity index is 552. The van der Waals surface area contributed by atoms with Gasteiger partial charge in [-0.1, -0.05) is 36.4 Å². The lowest BCUT2D eigenvalue weighted by Gasteiger charge is -2.18. The molecule has 74 valence electrons. The Kier molecular flexibility index (Phi) is 1.78. The number of allylic oxidation sites excluding steroid dienone is 1. The van der Waals surface area contributed by atoms with Crippen LogP contribution < -0.4 is 5.32 Å². The fourth-order valence-corrected chi connectivity index (χ4v) is 2.32. The van der Waals surface area contributed by atoms with E-state index in [-0.39, 0.29) is 0 Å². The molecule has 1 heteroatoms. The lowest BCUT2D eigenvalue weighted by molar-refractivity contribution is 0.854. The van der Waals surface area contributed by atoms with Crippen molar-refractivity contribution >= 4 is 16.3 Å². The van der Waals surface area contributed by atoms with E-state index in [1.807, 2.05) is 0 Å². The standard InChI is InChI=1S/C14H13N/c1-10-8-15-9-12-7-6-11-4-2-3-5-13(11)14(10)12/h2-8,15H,9H2,1H3. The largest absolute Gasteiger partial charge is 0.387 e. The first kappa shape index (κ1) is 8.54. The van der Waals surface area contributed by atoms with Crippen LogP contribution in [-0.2, 0) is 6.54 Å². The Morgan fingerprint density at radius 1 is 1.07 bits per heavy atom. The van der Waals surface area contributed by atoms with E-state index in [0.717, 1.165) is 6.54 Å². The summed E-state index contributed by atoms with van der Waals surface area (Å²) in [5.74, 6) is 0. The highest BCUT2D eigenvalue weighted by molar-refractivity contribution is 5.95. The molecule has 0 radical (unpaired) electrons. The molecule has 1 heterocycles. The zero-order valence-corrected chi connectivity index (χ0v) is 8.75. The van der Waals surface area contributed by atoms with Crippen molar-refractivity contribution in [2.24, 2.45) is 0 Å². The van der Waals surface area contributed by atoms with Crippen molar-refractivity contribution in [2.75, 3.05) is 0 Å². The second kappa shape index (κ2) is 3.13. The van der Waals surface area contributed by atoms with E-state index in [4.69, 9.17) is 0 Å². The molecule has 0 bridgehead atoms. The molecular formula is C14H13N. The summed E-state index contributed by atoms with van der Waals surface area (Å²) in [5, 5.41) is 5.98. The van der Waals surface area contributed by atoms with Gasteiger partial charge in [-0.25, -0.2) is 0 Å². The molecule has 0 amide bonds. The topological polar surface area (TPSA) is 12.0 Å². The first-order valence-corrected chi connectivity index (χ1v) is 5.27. The van der Waals surface area contributed by atoms with Gasteiger partial charge in [0, 0.05) is 12.7 Å². The molecule has 1 nitrogen and oxygen atoms in total. The molecule has 2 aromatic carbocycles. The smallest absolute Gasteiger partial charge is 0.0401 e. The number of rotatable bonds is 0. The molecule has 0 unspecified atom stereocenters. The van der Waals surface area contributed by atoms with E-state index >= 15 is 0 Å². The van der Waals surface area contributed by atoms with E-state index in [1.54, 1.807) is 0 Å². The molecular weight excluding hydrogens is 182 g/mol. The number of fused-ring (bicyclic) bond motifs is 3. The third-order valence-corrected chi connectivity index (χ3v) is 3.02. The minimum absolute atomic E-state index is 0.942. The van der Waals surface area contributed by atoms with Crippen LogP contribution in [-0.4, -0.2) is 0 Å². The van der Waals surface area contributed by atoms with Crippen LogP contribution >= 0.6 is 0 Å². The maximum atomic E-state index is 3.29. The van der Waals surface area contributed by atoms with Crippen LogP contribution in [0, 0.1) is 0 Å². The maximum Gasteiger partial charge on any atom is 0.0401 e. The molecule has 0 atom stereocenters. The van der Waals surface area contributed by atoms with Gasteiger partial charge in [-0.15, -0.1) is 0 Å². The van der Waals surface area contributed by atoms with E-state index in [1.165, 1.54) is 27.5 Å². The van der Waals surface area contributed by atoms with Crippen molar-refractivity contribution in [3.63, 3.8) is 0 Å². The number of hydrogen-bond acceptors (Lipinski definition) is 1. The first-order chi connectivity index (χ1) is 7.36. The Labute approximate surface area is 89.4 Å². The van der Waals surface area contributed by atoms with Crippen molar-refractivity contribution in [2.45, 2.75) is 13.5 Å². The lowest BCUT2D eigenvalue weighted by atomic mass is 9.93. The first-order valence-electron chi connectivity index (χ1n) is 5.27. The fraction of sp³-hybridized carbons (Fsp3) is 0.143. The normalized spacial score (nSPS) is 14.3. The SMILES string of the molecule is CC1=CNCc2ccc3ccccc3c21. The predicted molar refractivity (Wildman–Crippen MR) is 64.4 cm³/mol. The Morgan fingerprint density at radius 3 is 2.87 bits per heavy atom. The molecule has 0 spiro atoms. The summed E-state index contributed by atoms with van der Waals surface area (Å²) in [4.78, 5) is 0. The second-order valence-electron chi connectivity index (χ2n) is 4.03. The number of benzene rings is 2. The van der Waals surface area contributed by atoms with Gasteiger partial charge in [0.1, 0.15) is 0 Å². The number of hydrogen-bond donors (Lipinski definition) is 1. The highest BCUT2D eigenvalue weighted by atomic mass is 14.8. The molecule has 1 N–H and O–H groups in total. The summed E-state index contributed by atoms with van der Waals surface area (Å²) in [7, 11) is 0. The molecule has 1 aliphatic heterocycles. The highest BCUT2D eigenvalue weighted by Gasteiger charge is 2.11. The zero-order chi connectivity index (χ0) is 10.3. The van der Waals surface area contributed by atoms with Gasteiger partial charge in [-0.05, 0) is 34.4 Å². The van der Waals surface area contributed by atoms with Gasteiger partial charge < -0.3 is 5.32 Å². The highest BCUT2D eigenvalue weighted by Crippen LogP contribution is 2.30. The summed E-state index contributed by atoms with van der Waals surface area (Å²) in [6, 6.07) is 13.0. The summed E-state index contributed by atoms with van der Waals surface area (Å²) in [6.45, 7) is 3.11. The molecule has 0 fully saturated rings. The molecule has 0 aromatic heterocycles. The molecule has 2 aromatic rings. The van der Waals surface area contributed by atoms with Crippen LogP contribution in [0.5, 0.6) is 0 Å². The van der Waals surface area contributed by atoms with Crippen LogP contribution in [0.3, 0.4) is 0 Å². The minimum Gasteiger partial charge on any atom is -0.387 e. The average molecular weight is 195 g/mol. The minimum atomic E-state index is 0.942. The maximum absolute atomic E-state index is 3.29. The van der Waals surface area contributed by atoms with E-state index in [9.17, 15) is 0 Å². The van der Waals surface area contributed by atoms with Gasteiger partial charge in [0.15, 0.2) is 0 Å². The third-order valence-electron chi connectivity index (χ3n) is 3.02. The Balaban J connectivity index is 2.43. The molecule has 0 aliphatic carbocycles. The Hall–Kier alpha value is -1.76. The Morgan fingerprint density at radius 2 is 1.93 bits per heavy atom. The summed E-state index contributed by atoms with van der Waals surface area (Å²) in [6.07, 6.45) is 2.11. The van der Waals surface area contributed by atoms with Gasteiger partial charge in [0.05, 0.1) is 0 Å². The van der Waals surface area contributed by atoms with Crippen molar-refractivity contribution in [1.29, 1.82) is 0 Å². The van der Waals surface area contributed by atoms with Crippen molar-refractivity contribution < 1.29 is 0 Å². The second-order valence-corrected chi connectivity index (χ2v) is 4.03. The van der Waals surface area contributed by atoms with Crippen LogP contribution in [0.1, 0.15) is 18.1 Å². The van der Waals surface area contributed by atoms with Gasteiger partial charge in [-0.2, -0.15) is 0 Å². The van der Waals surface area contributed by atoms with Gasteiger partial charge in [0.25, 0.3) is 0 Å². The molecule has 15 heavy (non-hydrogen) atoms. The zero-order valence-electron chi connectivity index (χ0n) is 8.75. The fourth-order valence-electron chi connectivity index (χ4n) is 2.32. The van der Waals surface area contributed by atoms with Gasteiger partial charge in [0.2, 0.25) is 0 Å². The van der Waals surface area contributed by atoms with E-state index in [2.05, 4.69) is 54.8 Å². The molecule has 3 rings (SSSR count). The lowest BCUT2D eigenvalue weighted by Crippen LogP contribution is -2.12. The van der Waals surface area contributed by atoms with Crippen LogP contribution in [0.25, 0.3) is 16.3 Å². The van der Waals surface area contributed by atoms with Gasteiger partial charge in [-0.3, -0.25) is 0 Å². The predicted octanol–water partition coefficient (Wildman–Crippen LogP) is 3.30. The van der Waals surface area contributed by atoms with E-state index in [0.29, 0.717) is 0 Å². The molecule has 1 aliphatic rings. The van der Waals surface area contributed by atoms with Gasteiger partial charge >= 0.3 is 0 Å².